The molecule has 0 saturated carbocycles. The van der Waals surface area contributed by atoms with Gasteiger partial charge in [-0.1, -0.05) is 23.9 Å². The van der Waals surface area contributed by atoms with Crippen LogP contribution in [0.2, 0.25) is 0 Å². The van der Waals surface area contributed by atoms with Crippen LogP contribution in [0.25, 0.3) is 0 Å². The number of non-ortho nitro benzene ring substituents is 1. The zero-order valence-corrected chi connectivity index (χ0v) is 18.7. The van der Waals surface area contributed by atoms with Crippen molar-refractivity contribution in [3.63, 3.8) is 0 Å². The third-order valence-corrected chi connectivity index (χ3v) is 7.72. The van der Waals surface area contributed by atoms with Gasteiger partial charge in [0, 0.05) is 48.1 Å². The number of halogens is 1. The summed E-state index contributed by atoms with van der Waals surface area (Å²) in [6.07, 6.45) is 2.06. The number of nitro groups is 1. The molecule has 0 aliphatic carbocycles. The first-order valence-corrected chi connectivity index (χ1v) is 12.2. The number of rotatable bonds is 6. The maximum absolute atomic E-state index is 14.1. The van der Waals surface area contributed by atoms with Gasteiger partial charge in [-0.15, -0.1) is 0 Å². The number of hydrogen-bond donors (Lipinski definition) is 0. The molecule has 1 saturated heterocycles. The van der Waals surface area contributed by atoms with Crippen LogP contribution in [-0.2, 0) is 10.0 Å². The molecule has 1 aliphatic rings. The molecule has 0 spiro atoms. The molecule has 0 atom stereocenters. The molecule has 0 unspecified atom stereocenters. The van der Waals surface area contributed by atoms with Gasteiger partial charge in [0.1, 0.15) is 5.82 Å². The lowest BCUT2D eigenvalue weighted by atomic mass is 10.0. The van der Waals surface area contributed by atoms with Gasteiger partial charge in [0.05, 0.1) is 16.7 Å². The van der Waals surface area contributed by atoms with E-state index in [2.05, 4.69) is 0 Å². The van der Waals surface area contributed by atoms with Crippen LogP contribution in [0.4, 0.5) is 10.1 Å². The van der Waals surface area contributed by atoms with E-state index in [0.29, 0.717) is 35.7 Å². The van der Waals surface area contributed by atoms with Crippen molar-refractivity contribution < 1.29 is 22.5 Å². The Bertz CT molecular complexity index is 1100. The Balaban J connectivity index is 1.85. The number of benzene rings is 2. The minimum absolute atomic E-state index is 0.123. The number of amides is 1. The van der Waals surface area contributed by atoms with Crippen LogP contribution >= 0.6 is 11.8 Å². The number of sulfonamides is 1. The van der Waals surface area contributed by atoms with E-state index in [9.17, 15) is 27.7 Å². The Morgan fingerprint density at radius 2 is 1.84 bits per heavy atom. The molecular weight excluding hydrogens is 445 g/mol. The lowest BCUT2D eigenvalue weighted by Gasteiger charge is -2.35. The summed E-state index contributed by atoms with van der Waals surface area (Å²) in [7, 11) is -1.82. The van der Waals surface area contributed by atoms with Crippen molar-refractivity contribution in [3.05, 3.63) is 64.0 Å². The Morgan fingerprint density at radius 3 is 2.42 bits per heavy atom. The van der Waals surface area contributed by atoms with Gasteiger partial charge < -0.3 is 4.90 Å². The molecule has 2 aromatic rings. The molecular formula is C20H22FN3O5S2. The molecule has 31 heavy (non-hydrogen) atoms. The maximum Gasteiger partial charge on any atom is 0.270 e. The Labute approximate surface area is 184 Å². The van der Waals surface area contributed by atoms with Crippen LogP contribution in [0.5, 0.6) is 0 Å². The highest BCUT2D eigenvalue weighted by Crippen LogP contribution is 2.35. The molecule has 1 amide bonds. The molecule has 2 aromatic carbocycles. The Morgan fingerprint density at radius 1 is 1.19 bits per heavy atom. The van der Waals surface area contributed by atoms with Crippen molar-refractivity contribution >= 4 is 33.4 Å². The monoisotopic (exact) mass is 467 g/mol. The quantitative estimate of drug-likeness (QED) is 0.477. The second-order valence-electron chi connectivity index (χ2n) is 7.27. The van der Waals surface area contributed by atoms with Crippen molar-refractivity contribution in [2.24, 2.45) is 0 Å². The average Bonchev–Trinajstić information content (AvgIpc) is 2.74. The van der Waals surface area contributed by atoms with Gasteiger partial charge in [-0.05, 0) is 31.0 Å². The molecule has 3 rings (SSSR count). The summed E-state index contributed by atoms with van der Waals surface area (Å²) in [5.41, 5.74) is -0.106. The molecule has 166 valence electrons. The first-order chi connectivity index (χ1) is 14.6. The van der Waals surface area contributed by atoms with E-state index in [1.165, 1.54) is 35.6 Å². The third-order valence-electron chi connectivity index (χ3n) is 5.25. The van der Waals surface area contributed by atoms with Crippen molar-refractivity contribution in [2.75, 3.05) is 26.4 Å². The summed E-state index contributed by atoms with van der Waals surface area (Å²) in [5.74, 6) is -0.850. The maximum atomic E-state index is 14.1. The van der Waals surface area contributed by atoms with Crippen LogP contribution in [0.15, 0.2) is 52.3 Å². The molecule has 1 aliphatic heterocycles. The number of nitrogens with zero attached hydrogens (tertiary/aromatic N) is 3. The van der Waals surface area contributed by atoms with Gasteiger partial charge in [0.2, 0.25) is 10.0 Å². The third kappa shape index (κ3) is 5.41. The second kappa shape index (κ2) is 9.33. The lowest BCUT2D eigenvalue weighted by molar-refractivity contribution is -0.384. The fourth-order valence-corrected chi connectivity index (χ4v) is 5.10. The van der Waals surface area contributed by atoms with Gasteiger partial charge in [0.15, 0.2) is 0 Å². The standard InChI is InChI=1S/C20H22FN3O5S2/c1-22(31(2,28)29)14-9-11-23(12-10-14)20(25)16-13-15(24(26)27)7-8-18(16)30-19-6-4-3-5-17(19)21/h3-8,13-14H,9-12H2,1-2H3. The fourth-order valence-electron chi connectivity index (χ4n) is 3.41. The molecule has 8 nitrogen and oxygen atoms in total. The average molecular weight is 468 g/mol. The van der Waals surface area contributed by atoms with E-state index in [1.807, 2.05) is 0 Å². The number of nitro benzene ring substituents is 1. The Kier molecular flexibility index (Phi) is 6.97. The number of carbonyl (C=O) groups is 1. The largest absolute Gasteiger partial charge is 0.338 e. The number of piperidine rings is 1. The van der Waals surface area contributed by atoms with Crippen molar-refractivity contribution in [3.8, 4) is 0 Å². The summed E-state index contributed by atoms with van der Waals surface area (Å²) in [6.45, 7) is 0.631. The van der Waals surface area contributed by atoms with Crippen molar-refractivity contribution in [2.45, 2.75) is 28.7 Å². The van der Waals surface area contributed by atoms with E-state index < -0.39 is 26.7 Å². The fraction of sp³-hybridized carbons (Fsp3) is 0.350. The summed E-state index contributed by atoms with van der Waals surface area (Å²) in [4.78, 5) is 26.1. The highest BCUT2D eigenvalue weighted by Gasteiger charge is 2.31. The molecule has 1 heterocycles. The van der Waals surface area contributed by atoms with Crippen LogP contribution in [0.1, 0.15) is 23.2 Å². The first-order valence-electron chi connectivity index (χ1n) is 9.51. The van der Waals surface area contributed by atoms with Gasteiger partial charge in [-0.2, -0.15) is 0 Å². The highest BCUT2D eigenvalue weighted by atomic mass is 32.2. The minimum Gasteiger partial charge on any atom is -0.338 e. The predicted molar refractivity (Wildman–Crippen MR) is 115 cm³/mol. The Hall–Kier alpha value is -2.50. The SMILES string of the molecule is CN(C1CCN(C(=O)c2cc([N+](=O)[O-])ccc2Sc2ccccc2F)CC1)S(C)(=O)=O. The van der Waals surface area contributed by atoms with E-state index in [0.717, 1.165) is 18.0 Å². The lowest BCUT2D eigenvalue weighted by Crippen LogP contribution is -2.47. The highest BCUT2D eigenvalue weighted by molar-refractivity contribution is 7.99. The van der Waals surface area contributed by atoms with E-state index in [4.69, 9.17) is 0 Å². The molecule has 0 radical (unpaired) electrons. The summed E-state index contributed by atoms with van der Waals surface area (Å²) in [5, 5.41) is 11.2. The van der Waals surface area contributed by atoms with E-state index in [1.54, 1.807) is 23.1 Å². The van der Waals surface area contributed by atoms with E-state index in [-0.39, 0.29) is 17.3 Å². The van der Waals surface area contributed by atoms with Gasteiger partial charge in [0.25, 0.3) is 11.6 Å². The minimum atomic E-state index is -3.34. The number of hydrogen-bond acceptors (Lipinski definition) is 6. The number of carbonyl (C=O) groups excluding carboxylic acids is 1. The first kappa shape index (κ1) is 23.2. The molecule has 0 N–H and O–H groups in total. The van der Waals surface area contributed by atoms with Crippen LogP contribution in [-0.4, -0.2) is 60.9 Å². The zero-order valence-electron chi connectivity index (χ0n) is 17.0. The molecule has 0 aromatic heterocycles. The molecule has 0 bridgehead atoms. The topological polar surface area (TPSA) is 101 Å². The van der Waals surface area contributed by atoms with Crippen molar-refractivity contribution in [1.29, 1.82) is 0 Å². The summed E-state index contributed by atoms with van der Waals surface area (Å²) < 4.78 is 38.9. The smallest absolute Gasteiger partial charge is 0.270 e. The van der Waals surface area contributed by atoms with Gasteiger partial charge >= 0.3 is 0 Å². The molecule has 1 fully saturated rings. The van der Waals surface area contributed by atoms with E-state index >= 15 is 0 Å². The van der Waals surface area contributed by atoms with Gasteiger partial charge in [-0.25, -0.2) is 17.1 Å². The number of likely N-dealkylation sites (tertiary alicyclic amines) is 1. The van der Waals surface area contributed by atoms with Gasteiger partial charge in [-0.3, -0.25) is 14.9 Å². The van der Waals surface area contributed by atoms with Crippen LogP contribution in [0, 0.1) is 15.9 Å². The summed E-state index contributed by atoms with van der Waals surface area (Å²) >= 11 is 1.03. The predicted octanol–water partition coefficient (Wildman–Crippen LogP) is 3.38. The summed E-state index contributed by atoms with van der Waals surface area (Å²) in [6, 6.07) is 9.83. The molecule has 11 heteroatoms. The normalized spacial score (nSPS) is 15.3. The zero-order chi connectivity index (χ0) is 22.8. The van der Waals surface area contributed by atoms with Crippen LogP contribution < -0.4 is 0 Å². The van der Waals surface area contributed by atoms with Crippen LogP contribution in [0.3, 0.4) is 0 Å². The second-order valence-corrected chi connectivity index (χ2v) is 10.4. The van der Waals surface area contributed by atoms with Crippen molar-refractivity contribution in [1.82, 2.24) is 9.21 Å².